The lowest BCUT2D eigenvalue weighted by atomic mass is 10.1. The minimum Gasteiger partial charge on any atom is -0.399 e. The number of hydrogen-bond donors (Lipinski definition) is 2. The van der Waals surface area contributed by atoms with Gasteiger partial charge in [-0.15, -0.1) is 0 Å². The van der Waals surface area contributed by atoms with Crippen molar-refractivity contribution >= 4 is 17.8 Å². The quantitative estimate of drug-likeness (QED) is 0.312. The number of nitrogens with two attached hydrogens (primary N) is 1. The van der Waals surface area contributed by atoms with Gasteiger partial charge in [0.15, 0.2) is 0 Å². The molecule has 0 atom stereocenters. The normalized spacial score (nSPS) is 10.9. The molecule has 3 N–H and O–H groups in total. The van der Waals surface area contributed by atoms with E-state index >= 15 is 0 Å². The molecule has 0 aliphatic rings. The molecule has 0 bridgehead atoms. The third-order valence-electron chi connectivity index (χ3n) is 4.35. The average molecular weight is 381 g/mol. The first kappa shape index (κ1) is 18.2. The van der Waals surface area contributed by atoms with Gasteiger partial charge in [-0.3, -0.25) is 4.79 Å². The summed E-state index contributed by atoms with van der Waals surface area (Å²) in [6, 6.07) is 26.3. The van der Waals surface area contributed by atoms with E-state index in [9.17, 15) is 4.79 Å². The molecule has 0 aliphatic heterocycles. The van der Waals surface area contributed by atoms with Gasteiger partial charge < -0.3 is 5.73 Å². The molecule has 0 aliphatic carbocycles. The number of carbonyl (C=O) groups excluding carboxylic acids is 1. The van der Waals surface area contributed by atoms with Gasteiger partial charge in [0.05, 0.1) is 11.9 Å². The molecule has 4 rings (SSSR count). The Morgan fingerprint density at radius 2 is 1.59 bits per heavy atom. The molecule has 0 unspecified atom stereocenters. The van der Waals surface area contributed by atoms with Gasteiger partial charge in [0.1, 0.15) is 5.69 Å². The number of nitrogens with zero attached hydrogens (tertiary/aromatic N) is 3. The van der Waals surface area contributed by atoms with Crippen LogP contribution in [0.3, 0.4) is 0 Å². The minimum atomic E-state index is -0.307. The van der Waals surface area contributed by atoms with Gasteiger partial charge in [0.25, 0.3) is 5.91 Å². The largest absolute Gasteiger partial charge is 0.399 e. The Labute approximate surface area is 168 Å². The van der Waals surface area contributed by atoms with E-state index in [0.717, 1.165) is 22.5 Å². The van der Waals surface area contributed by atoms with Crippen molar-refractivity contribution < 1.29 is 4.79 Å². The topological polar surface area (TPSA) is 85.3 Å². The summed E-state index contributed by atoms with van der Waals surface area (Å²) in [6.45, 7) is 0. The first-order valence-corrected chi connectivity index (χ1v) is 9.10. The van der Waals surface area contributed by atoms with Crippen molar-refractivity contribution in [2.75, 3.05) is 5.73 Å². The van der Waals surface area contributed by atoms with Gasteiger partial charge >= 0.3 is 0 Å². The number of rotatable bonds is 5. The maximum atomic E-state index is 12.2. The second-order valence-electron chi connectivity index (χ2n) is 6.40. The molecular formula is C23H19N5O. The Bertz CT molecular complexity index is 1130. The van der Waals surface area contributed by atoms with Gasteiger partial charge in [-0.2, -0.15) is 10.2 Å². The van der Waals surface area contributed by atoms with Gasteiger partial charge in [-0.1, -0.05) is 48.5 Å². The molecule has 0 fully saturated rings. The SMILES string of the molecule is Nc1ccc(C(=O)NN=Cc2cn(-c3ccccc3)nc2-c2ccccc2)cc1. The summed E-state index contributed by atoms with van der Waals surface area (Å²) in [6.07, 6.45) is 3.49. The molecular weight excluding hydrogens is 362 g/mol. The van der Waals surface area contributed by atoms with Crippen LogP contribution < -0.4 is 11.2 Å². The van der Waals surface area contributed by atoms with Crippen molar-refractivity contribution in [3.8, 4) is 16.9 Å². The molecule has 6 heteroatoms. The fourth-order valence-electron chi connectivity index (χ4n) is 2.87. The average Bonchev–Trinajstić information content (AvgIpc) is 3.19. The molecule has 142 valence electrons. The van der Waals surface area contributed by atoms with Crippen molar-refractivity contribution in [2.24, 2.45) is 5.10 Å². The maximum Gasteiger partial charge on any atom is 0.271 e. The number of hydrogen-bond acceptors (Lipinski definition) is 4. The van der Waals surface area contributed by atoms with Crippen LogP contribution in [0.4, 0.5) is 5.69 Å². The molecule has 0 radical (unpaired) electrons. The van der Waals surface area contributed by atoms with Crippen molar-refractivity contribution in [3.63, 3.8) is 0 Å². The van der Waals surface area contributed by atoms with Crippen LogP contribution in [0, 0.1) is 0 Å². The van der Waals surface area contributed by atoms with Crippen molar-refractivity contribution in [3.05, 3.63) is 102 Å². The van der Waals surface area contributed by atoms with Crippen molar-refractivity contribution in [2.45, 2.75) is 0 Å². The summed E-state index contributed by atoms with van der Waals surface area (Å²) in [5.74, 6) is -0.307. The monoisotopic (exact) mass is 381 g/mol. The van der Waals surface area contributed by atoms with Crippen LogP contribution in [0.1, 0.15) is 15.9 Å². The molecule has 0 spiro atoms. The minimum absolute atomic E-state index is 0.307. The summed E-state index contributed by atoms with van der Waals surface area (Å²) < 4.78 is 1.80. The lowest BCUT2D eigenvalue weighted by Crippen LogP contribution is -2.17. The zero-order chi connectivity index (χ0) is 20.1. The van der Waals surface area contributed by atoms with Gasteiger partial charge in [-0.25, -0.2) is 10.1 Å². The predicted octanol–water partition coefficient (Wildman–Crippen LogP) is 3.89. The maximum absolute atomic E-state index is 12.2. The Morgan fingerprint density at radius 3 is 2.28 bits per heavy atom. The molecule has 0 saturated heterocycles. The summed E-state index contributed by atoms with van der Waals surface area (Å²) in [4.78, 5) is 12.2. The van der Waals surface area contributed by atoms with Crippen LogP contribution in [0.15, 0.2) is 96.2 Å². The van der Waals surface area contributed by atoms with Gasteiger partial charge in [0.2, 0.25) is 0 Å². The molecule has 1 aromatic heterocycles. The number of nitrogens with one attached hydrogen (secondary N) is 1. The van der Waals surface area contributed by atoms with E-state index in [0.29, 0.717) is 11.3 Å². The fourth-order valence-corrected chi connectivity index (χ4v) is 2.87. The number of benzene rings is 3. The molecule has 3 aromatic carbocycles. The summed E-state index contributed by atoms with van der Waals surface area (Å²) in [5.41, 5.74) is 12.8. The Kier molecular flexibility index (Phi) is 5.16. The second-order valence-corrected chi connectivity index (χ2v) is 6.40. The third-order valence-corrected chi connectivity index (χ3v) is 4.35. The molecule has 29 heavy (non-hydrogen) atoms. The number of carbonyl (C=O) groups is 1. The number of para-hydroxylation sites is 1. The highest BCUT2D eigenvalue weighted by molar-refractivity contribution is 5.95. The van der Waals surface area contributed by atoms with Crippen LogP contribution in [0.25, 0.3) is 16.9 Å². The highest BCUT2D eigenvalue weighted by atomic mass is 16.2. The predicted molar refractivity (Wildman–Crippen MR) is 115 cm³/mol. The second kappa shape index (κ2) is 8.22. The Hall–Kier alpha value is -4.19. The van der Waals surface area contributed by atoms with Crippen LogP contribution in [-0.2, 0) is 0 Å². The molecule has 1 amide bonds. The summed E-state index contributed by atoms with van der Waals surface area (Å²) >= 11 is 0. The number of nitrogen functional groups attached to an aromatic ring is 1. The first-order valence-electron chi connectivity index (χ1n) is 9.10. The van der Waals surface area contributed by atoms with E-state index < -0.39 is 0 Å². The third kappa shape index (κ3) is 4.22. The van der Waals surface area contributed by atoms with Gasteiger partial charge in [0, 0.05) is 28.6 Å². The van der Waals surface area contributed by atoms with Crippen molar-refractivity contribution in [1.82, 2.24) is 15.2 Å². The first-order chi connectivity index (χ1) is 14.2. The number of hydrazone groups is 1. The fraction of sp³-hybridized carbons (Fsp3) is 0. The number of anilines is 1. The van der Waals surface area contributed by atoms with Gasteiger partial charge in [-0.05, 0) is 36.4 Å². The highest BCUT2D eigenvalue weighted by Gasteiger charge is 2.11. The lowest BCUT2D eigenvalue weighted by Gasteiger charge is -2.01. The smallest absolute Gasteiger partial charge is 0.271 e. The summed E-state index contributed by atoms with van der Waals surface area (Å²) in [5, 5.41) is 8.84. The van der Waals surface area contributed by atoms with Crippen LogP contribution in [0.2, 0.25) is 0 Å². The van der Waals surface area contributed by atoms with Crippen LogP contribution in [-0.4, -0.2) is 21.9 Å². The Morgan fingerprint density at radius 1 is 0.931 bits per heavy atom. The molecule has 1 heterocycles. The van der Waals surface area contributed by atoms with E-state index in [-0.39, 0.29) is 5.91 Å². The Balaban J connectivity index is 1.61. The lowest BCUT2D eigenvalue weighted by molar-refractivity contribution is 0.0955. The highest BCUT2D eigenvalue weighted by Crippen LogP contribution is 2.22. The zero-order valence-corrected chi connectivity index (χ0v) is 15.6. The van der Waals surface area contributed by atoms with E-state index in [1.165, 1.54) is 0 Å². The van der Waals surface area contributed by atoms with E-state index in [1.54, 1.807) is 35.2 Å². The van der Waals surface area contributed by atoms with Crippen molar-refractivity contribution in [1.29, 1.82) is 0 Å². The standard InChI is InChI=1S/C23H19N5O/c24-20-13-11-18(12-14-20)23(29)26-25-15-19-16-28(21-9-5-2-6-10-21)27-22(19)17-7-3-1-4-8-17/h1-16H,24H2,(H,26,29). The molecule has 6 nitrogen and oxygen atoms in total. The number of aromatic nitrogens is 2. The van der Waals surface area contributed by atoms with Crippen LogP contribution >= 0.6 is 0 Å². The van der Waals surface area contributed by atoms with Crippen LogP contribution in [0.5, 0.6) is 0 Å². The molecule has 4 aromatic rings. The zero-order valence-electron chi connectivity index (χ0n) is 15.6. The van der Waals surface area contributed by atoms with E-state index in [1.807, 2.05) is 66.9 Å². The van der Waals surface area contributed by atoms with E-state index in [2.05, 4.69) is 10.5 Å². The summed E-state index contributed by atoms with van der Waals surface area (Å²) in [7, 11) is 0. The molecule has 0 saturated carbocycles. The van der Waals surface area contributed by atoms with E-state index in [4.69, 9.17) is 10.8 Å². The number of amides is 1.